The molecule has 0 aromatic heterocycles. The van der Waals surface area contributed by atoms with E-state index in [2.05, 4.69) is 6.07 Å². The second-order valence-corrected chi connectivity index (χ2v) is 5.65. The Morgan fingerprint density at radius 3 is 2.60 bits per heavy atom. The molecule has 0 unspecified atom stereocenters. The predicted octanol–water partition coefficient (Wildman–Crippen LogP) is 3.42. The molecule has 0 saturated carbocycles. The lowest BCUT2D eigenvalue weighted by Gasteiger charge is -2.16. The van der Waals surface area contributed by atoms with Gasteiger partial charge in [-0.05, 0) is 51.3 Å². The van der Waals surface area contributed by atoms with Gasteiger partial charge in [0, 0.05) is 6.04 Å². The fraction of sp³-hybridized carbons (Fsp3) is 0.562. The average Bonchev–Trinajstić information content (AvgIpc) is 2.43. The number of benzene rings is 1. The van der Waals surface area contributed by atoms with E-state index in [1.807, 2.05) is 39.0 Å². The first-order valence-electron chi connectivity index (χ1n) is 6.87. The minimum absolute atomic E-state index is 0.0330. The summed E-state index contributed by atoms with van der Waals surface area (Å²) in [5, 5.41) is 8.95. The van der Waals surface area contributed by atoms with Crippen LogP contribution in [0.15, 0.2) is 18.2 Å². The summed E-state index contributed by atoms with van der Waals surface area (Å²) < 4.78 is 11.0. The van der Waals surface area contributed by atoms with Crippen molar-refractivity contribution in [2.24, 2.45) is 11.1 Å². The minimum atomic E-state index is -0.299. The molecule has 0 bridgehead atoms. The molecule has 0 aliphatic heterocycles. The van der Waals surface area contributed by atoms with Gasteiger partial charge in [0.2, 0.25) is 0 Å². The average molecular weight is 276 g/mol. The summed E-state index contributed by atoms with van der Waals surface area (Å²) in [7, 11) is 1.62. The number of nitriles is 1. The standard InChI is InChI=1S/C16H24N2O2/c1-12(18)13-6-7-14(15(10-13)19-4)20-9-5-8-16(2,3)11-17/h6-7,10,12H,5,8-9,18H2,1-4H3/t12-/m1/s1. The van der Waals surface area contributed by atoms with Crippen LogP contribution < -0.4 is 15.2 Å². The highest BCUT2D eigenvalue weighted by Gasteiger charge is 2.16. The van der Waals surface area contributed by atoms with E-state index in [4.69, 9.17) is 20.5 Å². The zero-order chi connectivity index (χ0) is 15.2. The first kappa shape index (κ1) is 16.3. The van der Waals surface area contributed by atoms with E-state index in [0.717, 1.165) is 18.4 Å². The van der Waals surface area contributed by atoms with Crippen LogP contribution in [0, 0.1) is 16.7 Å². The zero-order valence-corrected chi connectivity index (χ0v) is 12.8. The molecule has 1 rings (SSSR count). The number of rotatable bonds is 7. The summed E-state index contributed by atoms with van der Waals surface area (Å²) in [6, 6.07) is 7.99. The number of hydrogen-bond acceptors (Lipinski definition) is 4. The molecule has 0 fully saturated rings. The predicted molar refractivity (Wildman–Crippen MR) is 79.7 cm³/mol. The lowest BCUT2D eigenvalue weighted by Crippen LogP contribution is -2.10. The second kappa shape index (κ2) is 7.16. The van der Waals surface area contributed by atoms with Gasteiger partial charge < -0.3 is 15.2 Å². The normalized spacial score (nSPS) is 12.6. The summed E-state index contributed by atoms with van der Waals surface area (Å²) in [6.07, 6.45) is 1.64. The third-order valence-corrected chi connectivity index (χ3v) is 3.22. The van der Waals surface area contributed by atoms with Crippen LogP contribution in [0.5, 0.6) is 11.5 Å². The van der Waals surface area contributed by atoms with Crippen molar-refractivity contribution < 1.29 is 9.47 Å². The topological polar surface area (TPSA) is 68.3 Å². The number of hydrogen-bond donors (Lipinski definition) is 1. The van der Waals surface area contributed by atoms with Gasteiger partial charge in [0.25, 0.3) is 0 Å². The SMILES string of the molecule is COc1cc([C@@H](C)N)ccc1OCCCC(C)(C)C#N. The van der Waals surface area contributed by atoms with Gasteiger partial charge >= 0.3 is 0 Å². The van der Waals surface area contributed by atoms with E-state index in [1.165, 1.54) is 0 Å². The van der Waals surface area contributed by atoms with Gasteiger partial charge in [0.1, 0.15) is 0 Å². The largest absolute Gasteiger partial charge is 0.493 e. The minimum Gasteiger partial charge on any atom is -0.493 e. The van der Waals surface area contributed by atoms with E-state index < -0.39 is 0 Å². The smallest absolute Gasteiger partial charge is 0.161 e. The second-order valence-electron chi connectivity index (χ2n) is 5.65. The molecule has 0 heterocycles. The van der Waals surface area contributed by atoms with Crippen molar-refractivity contribution in [3.05, 3.63) is 23.8 Å². The van der Waals surface area contributed by atoms with Crippen LogP contribution in [0.25, 0.3) is 0 Å². The van der Waals surface area contributed by atoms with Gasteiger partial charge in [-0.15, -0.1) is 0 Å². The molecule has 0 saturated heterocycles. The van der Waals surface area contributed by atoms with Gasteiger partial charge in [-0.1, -0.05) is 6.07 Å². The molecule has 0 spiro atoms. The van der Waals surface area contributed by atoms with Crippen molar-refractivity contribution in [1.82, 2.24) is 0 Å². The fourth-order valence-electron chi connectivity index (χ4n) is 1.84. The quantitative estimate of drug-likeness (QED) is 0.775. The Bertz CT molecular complexity index is 476. The van der Waals surface area contributed by atoms with Crippen molar-refractivity contribution >= 4 is 0 Å². The van der Waals surface area contributed by atoms with Gasteiger partial charge in [0.15, 0.2) is 11.5 Å². The third kappa shape index (κ3) is 4.75. The molecule has 4 nitrogen and oxygen atoms in total. The van der Waals surface area contributed by atoms with E-state index >= 15 is 0 Å². The first-order valence-corrected chi connectivity index (χ1v) is 6.87. The highest BCUT2D eigenvalue weighted by molar-refractivity contribution is 5.43. The van der Waals surface area contributed by atoms with Crippen LogP contribution in [-0.2, 0) is 0 Å². The molecule has 2 N–H and O–H groups in total. The van der Waals surface area contributed by atoms with Crippen molar-refractivity contribution in [3.63, 3.8) is 0 Å². The third-order valence-electron chi connectivity index (χ3n) is 3.22. The maximum Gasteiger partial charge on any atom is 0.161 e. The fourth-order valence-corrected chi connectivity index (χ4v) is 1.84. The van der Waals surface area contributed by atoms with Gasteiger partial charge in [-0.3, -0.25) is 0 Å². The molecule has 1 atom stereocenters. The molecule has 0 aliphatic carbocycles. The van der Waals surface area contributed by atoms with Crippen LogP contribution in [0.3, 0.4) is 0 Å². The molecular weight excluding hydrogens is 252 g/mol. The van der Waals surface area contributed by atoms with Crippen LogP contribution in [0.2, 0.25) is 0 Å². The number of ether oxygens (including phenoxy) is 2. The lowest BCUT2D eigenvalue weighted by molar-refractivity contribution is 0.269. The molecule has 20 heavy (non-hydrogen) atoms. The molecule has 0 amide bonds. The monoisotopic (exact) mass is 276 g/mol. The summed E-state index contributed by atoms with van der Waals surface area (Å²) in [6.45, 7) is 6.37. The van der Waals surface area contributed by atoms with Gasteiger partial charge in [0.05, 0.1) is 25.2 Å². The Labute approximate surface area is 121 Å². The van der Waals surface area contributed by atoms with Crippen molar-refractivity contribution in [2.45, 2.75) is 39.7 Å². The molecule has 1 aromatic rings. The maximum absolute atomic E-state index is 8.95. The number of nitrogens with zero attached hydrogens (tertiary/aromatic N) is 1. The van der Waals surface area contributed by atoms with Gasteiger partial charge in [-0.25, -0.2) is 0 Å². The Kier molecular flexibility index (Phi) is 5.84. The Morgan fingerprint density at radius 2 is 2.05 bits per heavy atom. The zero-order valence-electron chi connectivity index (χ0n) is 12.8. The van der Waals surface area contributed by atoms with E-state index in [-0.39, 0.29) is 11.5 Å². The summed E-state index contributed by atoms with van der Waals surface area (Å²) in [5.74, 6) is 1.41. The highest BCUT2D eigenvalue weighted by Crippen LogP contribution is 2.30. The van der Waals surface area contributed by atoms with E-state index in [9.17, 15) is 0 Å². The van der Waals surface area contributed by atoms with Crippen molar-refractivity contribution in [1.29, 1.82) is 5.26 Å². The molecule has 4 heteroatoms. The molecule has 0 aliphatic rings. The molecule has 1 aromatic carbocycles. The van der Waals surface area contributed by atoms with Crippen LogP contribution in [-0.4, -0.2) is 13.7 Å². The Balaban J connectivity index is 2.58. The van der Waals surface area contributed by atoms with E-state index in [1.54, 1.807) is 7.11 Å². The first-order chi connectivity index (χ1) is 9.39. The van der Waals surface area contributed by atoms with Gasteiger partial charge in [-0.2, -0.15) is 5.26 Å². The lowest BCUT2D eigenvalue weighted by atomic mass is 9.90. The summed E-state index contributed by atoms with van der Waals surface area (Å²) >= 11 is 0. The Morgan fingerprint density at radius 1 is 1.35 bits per heavy atom. The molecular formula is C16H24N2O2. The summed E-state index contributed by atoms with van der Waals surface area (Å²) in [4.78, 5) is 0. The van der Waals surface area contributed by atoms with Crippen molar-refractivity contribution in [3.8, 4) is 17.6 Å². The van der Waals surface area contributed by atoms with Crippen LogP contribution >= 0.6 is 0 Å². The molecule has 0 radical (unpaired) electrons. The summed E-state index contributed by atoms with van der Waals surface area (Å²) in [5.41, 5.74) is 6.56. The van der Waals surface area contributed by atoms with Crippen LogP contribution in [0.4, 0.5) is 0 Å². The maximum atomic E-state index is 8.95. The Hall–Kier alpha value is -1.73. The molecule has 110 valence electrons. The highest BCUT2D eigenvalue weighted by atomic mass is 16.5. The van der Waals surface area contributed by atoms with Crippen LogP contribution in [0.1, 0.15) is 45.2 Å². The van der Waals surface area contributed by atoms with E-state index in [0.29, 0.717) is 18.1 Å². The number of nitrogens with two attached hydrogens (primary N) is 1. The van der Waals surface area contributed by atoms with Crippen molar-refractivity contribution in [2.75, 3.05) is 13.7 Å². The number of methoxy groups -OCH3 is 1.